The first kappa shape index (κ1) is 18.2. The van der Waals surface area contributed by atoms with Gasteiger partial charge in [-0.1, -0.05) is 11.6 Å². The predicted molar refractivity (Wildman–Crippen MR) is 98.3 cm³/mol. The molecule has 134 valence electrons. The third-order valence-corrected chi connectivity index (χ3v) is 5.55. The molecular formula is C18H15ClN2O4S. The molecule has 0 N–H and O–H groups in total. The van der Waals surface area contributed by atoms with Crippen LogP contribution < -0.4 is 9.04 Å². The first-order valence-corrected chi connectivity index (χ1v) is 9.98. The lowest BCUT2D eigenvalue weighted by atomic mass is 10.1. The summed E-state index contributed by atoms with van der Waals surface area (Å²) in [5.41, 5.74) is 2.28. The van der Waals surface area contributed by atoms with Gasteiger partial charge in [-0.25, -0.2) is 8.42 Å². The Bertz CT molecular complexity index is 1030. The molecule has 2 aromatic carbocycles. The Morgan fingerprint density at radius 2 is 2.08 bits per heavy atom. The van der Waals surface area contributed by atoms with Crippen LogP contribution in [0.4, 0.5) is 5.69 Å². The second kappa shape index (κ2) is 6.98. The van der Waals surface area contributed by atoms with Crippen molar-refractivity contribution in [2.24, 2.45) is 0 Å². The summed E-state index contributed by atoms with van der Waals surface area (Å²) in [5.74, 6) is 0.0782. The second-order valence-electron chi connectivity index (χ2n) is 5.90. The maximum Gasteiger partial charge on any atom is 0.232 e. The van der Waals surface area contributed by atoms with Gasteiger partial charge in [0.15, 0.2) is 12.4 Å². The van der Waals surface area contributed by atoms with Crippen LogP contribution in [-0.2, 0) is 16.4 Å². The maximum atomic E-state index is 12.4. The topological polar surface area (TPSA) is 87.5 Å². The summed E-state index contributed by atoms with van der Waals surface area (Å²) in [6.07, 6.45) is 1.72. The molecular weight excluding hydrogens is 376 g/mol. The zero-order chi connectivity index (χ0) is 18.9. The minimum atomic E-state index is -3.32. The van der Waals surface area contributed by atoms with E-state index in [-0.39, 0.29) is 17.4 Å². The van der Waals surface area contributed by atoms with Gasteiger partial charge in [0, 0.05) is 12.1 Å². The van der Waals surface area contributed by atoms with E-state index in [9.17, 15) is 13.2 Å². The van der Waals surface area contributed by atoms with Crippen molar-refractivity contribution in [2.75, 3.05) is 23.7 Å². The van der Waals surface area contributed by atoms with Crippen LogP contribution in [0.1, 0.15) is 21.5 Å². The molecule has 0 atom stereocenters. The van der Waals surface area contributed by atoms with Gasteiger partial charge in [-0.15, -0.1) is 0 Å². The smallest absolute Gasteiger partial charge is 0.232 e. The number of rotatable bonds is 5. The van der Waals surface area contributed by atoms with Crippen LogP contribution in [0.3, 0.4) is 0 Å². The number of anilines is 1. The molecule has 8 heteroatoms. The van der Waals surface area contributed by atoms with Gasteiger partial charge in [0.2, 0.25) is 10.0 Å². The van der Waals surface area contributed by atoms with Crippen molar-refractivity contribution in [3.8, 4) is 11.8 Å². The van der Waals surface area contributed by atoms with Crippen molar-refractivity contribution in [3.05, 3.63) is 58.1 Å². The van der Waals surface area contributed by atoms with E-state index in [0.29, 0.717) is 35.5 Å². The molecule has 26 heavy (non-hydrogen) atoms. The molecule has 2 aromatic rings. The Morgan fingerprint density at radius 1 is 1.31 bits per heavy atom. The fourth-order valence-corrected chi connectivity index (χ4v) is 4.00. The fraction of sp³-hybridized carbons (Fsp3) is 0.222. The van der Waals surface area contributed by atoms with Crippen LogP contribution in [0.5, 0.6) is 5.75 Å². The third-order valence-electron chi connectivity index (χ3n) is 4.07. The molecule has 0 aromatic heterocycles. The third kappa shape index (κ3) is 3.66. The number of nitriles is 1. The summed E-state index contributed by atoms with van der Waals surface area (Å²) >= 11 is 6.02. The second-order valence-corrected chi connectivity index (χ2v) is 8.21. The Hall–Kier alpha value is -2.56. The number of Topliss-reactive ketones (excluding diaryl/α,β-unsaturated/α-hetero) is 1. The van der Waals surface area contributed by atoms with Crippen LogP contribution in [0, 0.1) is 11.3 Å². The van der Waals surface area contributed by atoms with Crippen molar-refractivity contribution in [1.29, 1.82) is 5.26 Å². The Morgan fingerprint density at radius 3 is 2.73 bits per heavy atom. The van der Waals surface area contributed by atoms with Gasteiger partial charge in [0.05, 0.1) is 28.6 Å². The minimum absolute atomic E-state index is 0.208. The van der Waals surface area contributed by atoms with Gasteiger partial charge in [-0.2, -0.15) is 5.26 Å². The molecule has 0 saturated carbocycles. The van der Waals surface area contributed by atoms with Crippen molar-refractivity contribution < 1.29 is 17.9 Å². The van der Waals surface area contributed by atoms with E-state index in [2.05, 4.69) is 0 Å². The molecule has 1 aliphatic heterocycles. The highest BCUT2D eigenvalue weighted by atomic mass is 35.5. The number of hydrogen-bond donors (Lipinski definition) is 0. The monoisotopic (exact) mass is 390 g/mol. The zero-order valence-electron chi connectivity index (χ0n) is 13.9. The van der Waals surface area contributed by atoms with Crippen molar-refractivity contribution in [1.82, 2.24) is 0 Å². The first-order valence-electron chi connectivity index (χ1n) is 7.76. The average Bonchev–Trinajstić information content (AvgIpc) is 3.03. The van der Waals surface area contributed by atoms with Crippen LogP contribution >= 0.6 is 11.6 Å². The number of carbonyl (C=O) groups is 1. The summed E-state index contributed by atoms with van der Waals surface area (Å²) in [5, 5.41) is 9.08. The molecule has 0 spiro atoms. The Kier molecular flexibility index (Phi) is 4.90. The summed E-state index contributed by atoms with van der Waals surface area (Å²) in [4.78, 5) is 12.4. The highest BCUT2D eigenvalue weighted by Gasteiger charge is 2.26. The molecule has 6 nitrogen and oxygen atoms in total. The van der Waals surface area contributed by atoms with Crippen LogP contribution in [0.15, 0.2) is 36.4 Å². The number of sulfonamides is 1. The van der Waals surface area contributed by atoms with Gasteiger partial charge in [0.25, 0.3) is 0 Å². The standard InChI is InChI=1S/C18H15ClN2O4S/c1-26(23,24)21-7-6-13-9-14(3-4-16(13)21)17(22)11-25-18-5-2-12(10-20)8-15(18)19/h2-5,8-9H,6-7,11H2,1H3. The Balaban J connectivity index is 1.73. The number of benzene rings is 2. The zero-order valence-corrected chi connectivity index (χ0v) is 15.5. The highest BCUT2D eigenvalue weighted by molar-refractivity contribution is 7.92. The lowest BCUT2D eigenvalue weighted by Gasteiger charge is -2.16. The molecule has 1 aliphatic rings. The average molecular weight is 391 g/mol. The normalized spacial score (nSPS) is 13.2. The molecule has 0 unspecified atom stereocenters. The number of ether oxygens (including phenoxy) is 1. The summed E-state index contributed by atoms with van der Waals surface area (Å²) in [6, 6.07) is 11.5. The van der Waals surface area contributed by atoms with Gasteiger partial charge in [-0.3, -0.25) is 9.10 Å². The van der Waals surface area contributed by atoms with Crippen LogP contribution in [0.25, 0.3) is 0 Å². The molecule has 0 saturated heterocycles. The Labute approximate surface area is 156 Å². The van der Waals surface area contributed by atoms with Crippen molar-refractivity contribution in [2.45, 2.75) is 6.42 Å². The first-order chi connectivity index (χ1) is 12.3. The molecule has 0 bridgehead atoms. The van der Waals surface area contributed by atoms with E-state index < -0.39 is 10.0 Å². The van der Waals surface area contributed by atoms with Crippen LogP contribution in [-0.4, -0.2) is 33.6 Å². The lowest BCUT2D eigenvalue weighted by molar-refractivity contribution is 0.0921. The molecule has 0 radical (unpaired) electrons. The molecule has 1 heterocycles. The molecule has 3 rings (SSSR count). The van der Waals surface area contributed by atoms with Crippen molar-refractivity contribution >= 4 is 33.1 Å². The van der Waals surface area contributed by atoms with Gasteiger partial charge < -0.3 is 4.74 Å². The lowest BCUT2D eigenvalue weighted by Crippen LogP contribution is -2.27. The molecule has 0 aliphatic carbocycles. The number of fused-ring (bicyclic) bond motifs is 1. The van der Waals surface area contributed by atoms with Crippen molar-refractivity contribution in [3.63, 3.8) is 0 Å². The van der Waals surface area contributed by atoms with E-state index in [1.54, 1.807) is 30.3 Å². The number of hydrogen-bond acceptors (Lipinski definition) is 5. The minimum Gasteiger partial charge on any atom is -0.484 e. The van der Waals surface area contributed by atoms with E-state index in [4.69, 9.17) is 21.6 Å². The van der Waals surface area contributed by atoms with Crippen LogP contribution in [0.2, 0.25) is 5.02 Å². The summed E-state index contributed by atoms with van der Waals surface area (Å²) < 4.78 is 30.3. The highest BCUT2D eigenvalue weighted by Crippen LogP contribution is 2.31. The fourth-order valence-electron chi connectivity index (χ4n) is 2.80. The van der Waals surface area contributed by atoms with E-state index in [1.165, 1.54) is 10.4 Å². The SMILES string of the molecule is CS(=O)(=O)N1CCc2cc(C(=O)COc3ccc(C#N)cc3Cl)ccc21. The van der Waals surface area contributed by atoms with E-state index >= 15 is 0 Å². The van der Waals surface area contributed by atoms with E-state index in [1.807, 2.05) is 6.07 Å². The largest absolute Gasteiger partial charge is 0.484 e. The number of nitrogens with zero attached hydrogens (tertiary/aromatic N) is 2. The molecule has 0 amide bonds. The molecule has 0 fully saturated rings. The van der Waals surface area contributed by atoms with Gasteiger partial charge in [-0.05, 0) is 48.4 Å². The maximum absolute atomic E-state index is 12.4. The number of carbonyl (C=O) groups excluding carboxylic acids is 1. The van der Waals surface area contributed by atoms with E-state index in [0.717, 1.165) is 11.8 Å². The quantitative estimate of drug-likeness (QED) is 0.732. The van der Waals surface area contributed by atoms with Gasteiger partial charge >= 0.3 is 0 Å². The van der Waals surface area contributed by atoms with Gasteiger partial charge in [0.1, 0.15) is 5.75 Å². The predicted octanol–water partition coefficient (Wildman–Crippen LogP) is 2.80. The number of halogens is 1. The number of ketones is 1. The summed E-state index contributed by atoms with van der Waals surface area (Å²) in [7, 11) is -3.32. The summed E-state index contributed by atoms with van der Waals surface area (Å²) in [6.45, 7) is 0.170.